The van der Waals surface area contributed by atoms with Crippen molar-refractivity contribution in [3.63, 3.8) is 0 Å². The zero-order valence-electron chi connectivity index (χ0n) is 15.1. The molecule has 1 aliphatic heterocycles. The molecule has 4 heterocycles. The van der Waals surface area contributed by atoms with Gasteiger partial charge in [-0.1, -0.05) is 0 Å². The van der Waals surface area contributed by atoms with E-state index >= 15 is 0 Å². The number of hydrogen-bond donors (Lipinski definition) is 1. The first-order valence-electron chi connectivity index (χ1n) is 8.75. The first-order valence-corrected chi connectivity index (χ1v) is 9.56. The number of nitrogens with one attached hydrogen (secondary N) is 1. The van der Waals surface area contributed by atoms with Gasteiger partial charge in [0.05, 0.1) is 10.7 Å². The summed E-state index contributed by atoms with van der Waals surface area (Å²) in [6.07, 6.45) is 1.91. The molecule has 8 heteroatoms. The highest BCUT2D eigenvalue weighted by atomic mass is 32.1. The molecule has 1 unspecified atom stereocenters. The Morgan fingerprint density at radius 2 is 2.08 bits per heavy atom. The average Bonchev–Trinajstić information content (AvgIpc) is 3.17. The molecule has 3 aromatic heterocycles. The predicted octanol–water partition coefficient (Wildman–Crippen LogP) is 2.42. The van der Waals surface area contributed by atoms with Gasteiger partial charge >= 0.3 is 0 Å². The maximum absolute atomic E-state index is 12.9. The Bertz CT molecular complexity index is 1050. The van der Waals surface area contributed by atoms with Gasteiger partial charge in [-0.05, 0) is 33.6 Å². The second-order valence-corrected chi connectivity index (χ2v) is 8.08. The fourth-order valence-corrected chi connectivity index (χ4v) is 4.51. The number of amides is 1. The first kappa shape index (κ1) is 17.0. The van der Waals surface area contributed by atoms with Gasteiger partial charge in [-0.2, -0.15) is 0 Å². The van der Waals surface area contributed by atoms with E-state index in [9.17, 15) is 9.59 Å². The SMILES string of the molecule is Cc1cc(=O)n2[nH]c(C3CCCN(C(=O)c4sc(C)nc4C)C3)cc2n1. The standard InChI is InChI=1S/C18H21N5O2S/c1-10-7-16(24)23-15(19-10)8-14(21-23)13-5-4-6-22(9-13)18(25)17-11(2)20-12(3)26-17/h7-8,13,21H,4-6,9H2,1-3H3. The summed E-state index contributed by atoms with van der Waals surface area (Å²) in [7, 11) is 0. The number of nitrogens with zero attached hydrogens (tertiary/aromatic N) is 4. The second kappa shape index (κ2) is 6.35. The van der Waals surface area contributed by atoms with Gasteiger partial charge in [-0.25, -0.2) is 14.5 Å². The van der Waals surface area contributed by atoms with Crippen LogP contribution in [-0.4, -0.2) is 43.5 Å². The molecular formula is C18H21N5O2S. The number of aryl methyl sites for hydroxylation is 3. The van der Waals surface area contributed by atoms with E-state index in [1.807, 2.05) is 31.7 Å². The zero-order chi connectivity index (χ0) is 18.4. The Kier molecular flexibility index (Phi) is 4.14. The van der Waals surface area contributed by atoms with Crippen LogP contribution < -0.4 is 5.56 Å². The van der Waals surface area contributed by atoms with Crippen LogP contribution in [0.5, 0.6) is 0 Å². The topological polar surface area (TPSA) is 83.4 Å². The molecule has 3 aromatic rings. The normalized spacial score (nSPS) is 17.8. The third kappa shape index (κ3) is 2.94. The van der Waals surface area contributed by atoms with Gasteiger partial charge in [0.1, 0.15) is 4.88 Å². The van der Waals surface area contributed by atoms with Crippen molar-refractivity contribution in [3.8, 4) is 0 Å². The first-order chi connectivity index (χ1) is 12.4. The van der Waals surface area contributed by atoms with E-state index in [2.05, 4.69) is 15.1 Å². The van der Waals surface area contributed by atoms with Gasteiger partial charge in [-0.3, -0.25) is 14.7 Å². The number of likely N-dealkylation sites (tertiary alicyclic amines) is 1. The lowest BCUT2D eigenvalue weighted by atomic mass is 9.94. The van der Waals surface area contributed by atoms with Crippen molar-refractivity contribution in [3.05, 3.63) is 49.5 Å². The van der Waals surface area contributed by atoms with Crippen LogP contribution in [0, 0.1) is 20.8 Å². The molecule has 1 N–H and O–H groups in total. The van der Waals surface area contributed by atoms with Crippen LogP contribution in [0.2, 0.25) is 0 Å². The molecule has 1 fully saturated rings. The van der Waals surface area contributed by atoms with Crippen LogP contribution in [-0.2, 0) is 0 Å². The highest BCUT2D eigenvalue weighted by Crippen LogP contribution is 2.28. The summed E-state index contributed by atoms with van der Waals surface area (Å²) in [5.74, 6) is 0.225. The molecule has 0 aliphatic carbocycles. The molecule has 0 radical (unpaired) electrons. The summed E-state index contributed by atoms with van der Waals surface area (Å²) in [6.45, 7) is 7.01. The van der Waals surface area contributed by atoms with Crippen molar-refractivity contribution in [1.29, 1.82) is 0 Å². The van der Waals surface area contributed by atoms with Crippen LogP contribution in [0.15, 0.2) is 16.9 Å². The summed E-state index contributed by atoms with van der Waals surface area (Å²) >= 11 is 1.45. The van der Waals surface area contributed by atoms with Gasteiger partial charge in [0.15, 0.2) is 5.65 Å². The minimum Gasteiger partial charge on any atom is -0.337 e. The number of hydrogen-bond acceptors (Lipinski definition) is 5. The largest absolute Gasteiger partial charge is 0.337 e. The zero-order valence-corrected chi connectivity index (χ0v) is 15.9. The van der Waals surface area contributed by atoms with E-state index in [0.29, 0.717) is 17.9 Å². The van der Waals surface area contributed by atoms with Crippen molar-refractivity contribution in [2.75, 3.05) is 13.1 Å². The van der Waals surface area contributed by atoms with E-state index < -0.39 is 0 Å². The molecule has 1 saturated heterocycles. The maximum Gasteiger partial charge on any atom is 0.272 e. The highest BCUT2D eigenvalue weighted by molar-refractivity contribution is 7.13. The quantitative estimate of drug-likeness (QED) is 0.750. The predicted molar refractivity (Wildman–Crippen MR) is 100 cm³/mol. The summed E-state index contributed by atoms with van der Waals surface area (Å²) in [6, 6.07) is 3.44. The van der Waals surface area contributed by atoms with Crippen molar-refractivity contribution >= 4 is 22.9 Å². The summed E-state index contributed by atoms with van der Waals surface area (Å²) < 4.78 is 1.47. The average molecular weight is 371 g/mol. The summed E-state index contributed by atoms with van der Waals surface area (Å²) in [5.41, 5.74) is 2.98. The number of thiazole rings is 1. The molecule has 1 amide bonds. The van der Waals surface area contributed by atoms with Crippen LogP contribution in [0.25, 0.3) is 5.65 Å². The van der Waals surface area contributed by atoms with Crippen molar-refractivity contribution in [2.45, 2.75) is 39.5 Å². The number of piperidine rings is 1. The van der Waals surface area contributed by atoms with Crippen LogP contribution in [0.1, 0.15) is 50.5 Å². The van der Waals surface area contributed by atoms with Crippen molar-refractivity contribution in [1.82, 2.24) is 24.5 Å². The van der Waals surface area contributed by atoms with E-state index in [4.69, 9.17) is 0 Å². The minimum absolute atomic E-state index is 0.0556. The number of rotatable bonds is 2. The highest BCUT2D eigenvalue weighted by Gasteiger charge is 2.28. The Labute approximate surface area is 154 Å². The smallest absolute Gasteiger partial charge is 0.272 e. The number of fused-ring (bicyclic) bond motifs is 1. The lowest BCUT2D eigenvalue weighted by Crippen LogP contribution is -2.39. The minimum atomic E-state index is -0.113. The molecule has 7 nitrogen and oxygen atoms in total. The van der Waals surface area contributed by atoms with E-state index in [1.165, 1.54) is 21.9 Å². The van der Waals surface area contributed by atoms with Gasteiger partial charge in [-0.15, -0.1) is 11.3 Å². The molecule has 4 rings (SSSR count). The molecule has 0 spiro atoms. The molecule has 1 aliphatic rings. The van der Waals surface area contributed by atoms with Gasteiger partial charge in [0.25, 0.3) is 11.5 Å². The van der Waals surface area contributed by atoms with Crippen molar-refractivity contribution in [2.24, 2.45) is 0 Å². The van der Waals surface area contributed by atoms with E-state index in [-0.39, 0.29) is 17.4 Å². The fraction of sp³-hybridized carbons (Fsp3) is 0.444. The Morgan fingerprint density at radius 1 is 1.27 bits per heavy atom. The van der Waals surface area contributed by atoms with Crippen LogP contribution in [0.4, 0.5) is 0 Å². The summed E-state index contributed by atoms with van der Waals surface area (Å²) in [4.78, 5) is 36.4. The van der Waals surface area contributed by atoms with Crippen LogP contribution in [0.3, 0.4) is 0 Å². The van der Waals surface area contributed by atoms with Crippen LogP contribution >= 0.6 is 11.3 Å². The Morgan fingerprint density at radius 3 is 2.81 bits per heavy atom. The third-order valence-corrected chi connectivity index (χ3v) is 5.91. The van der Waals surface area contributed by atoms with Gasteiger partial charge in [0, 0.05) is 42.5 Å². The van der Waals surface area contributed by atoms with Gasteiger partial charge < -0.3 is 4.90 Å². The lowest BCUT2D eigenvalue weighted by molar-refractivity contribution is 0.0710. The molecule has 1 atom stereocenters. The monoisotopic (exact) mass is 371 g/mol. The number of aromatic amines is 1. The van der Waals surface area contributed by atoms with E-state index in [0.717, 1.165) is 40.7 Å². The third-order valence-electron chi connectivity index (χ3n) is 4.84. The Hall–Kier alpha value is -2.48. The van der Waals surface area contributed by atoms with Crippen molar-refractivity contribution < 1.29 is 4.79 Å². The summed E-state index contributed by atoms with van der Waals surface area (Å²) in [5, 5.41) is 4.08. The number of carbonyl (C=O) groups excluding carboxylic acids is 1. The second-order valence-electron chi connectivity index (χ2n) is 6.88. The number of H-pyrrole nitrogens is 1. The number of aromatic nitrogens is 4. The fourth-order valence-electron chi connectivity index (χ4n) is 3.63. The van der Waals surface area contributed by atoms with E-state index in [1.54, 1.807) is 0 Å². The maximum atomic E-state index is 12.9. The Balaban J connectivity index is 1.61. The molecule has 26 heavy (non-hydrogen) atoms. The lowest BCUT2D eigenvalue weighted by Gasteiger charge is -2.32. The van der Waals surface area contributed by atoms with Gasteiger partial charge in [0.2, 0.25) is 0 Å². The molecule has 0 bridgehead atoms. The molecule has 0 saturated carbocycles. The molecule has 136 valence electrons. The molecular weight excluding hydrogens is 350 g/mol. The number of carbonyl (C=O) groups is 1. The molecule has 0 aromatic carbocycles.